The van der Waals surface area contributed by atoms with Gasteiger partial charge in [0.2, 0.25) is 6.17 Å². The number of hydrogen-bond donors (Lipinski definition) is 2. The molecule has 0 saturated carbocycles. The highest BCUT2D eigenvalue weighted by atomic mass is 35.6. The molecule has 6 nitrogen and oxygen atoms in total. The Labute approximate surface area is 171 Å². The summed E-state index contributed by atoms with van der Waals surface area (Å²) in [5.74, 6) is -0.423. The predicted octanol–water partition coefficient (Wildman–Crippen LogP) is 3.45. The third-order valence-corrected chi connectivity index (χ3v) is 4.20. The molecule has 3 rings (SSSR count). The molecule has 2 N–H and O–H groups in total. The Morgan fingerprint density at radius 2 is 1.70 bits per heavy atom. The van der Waals surface area contributed by atoms with E-state index in [0.29, 0.717) is 11.4 Å². The van der Waals surface area contributed by atoms with Crippen LogP contribution in [0.1, 0.15) is 11.1 Å². The smallest absolute Gasteiger partial charge is 0.311 e. The first-order chi connectivity index (χ1) is 12.8. The number of carbonyl (C=O) groups excluding carboxylic acids is 2. The second-order valence-corrected chi connectivity index (χ2v) is 8.04. The van der Waals surface area contributed by atoms with E-state index in [0.717, 1.165) is 11.1 Å². The monoisotopic (exact) mass is 424 g/mol. The molecule has 0 saturated heterocycles. The van der Waals surface area contributed by atoms with Gasteiger partial charge in [0, 0.05) is 18.2 Å². The van der Waals surface area contributed by atoms with Crippen LogP contribution in [0.4, 0.5) is 10.5 Å². The third-order valence-electron chi connectivity index (χ3n) is 3.91. The van der Waals surface area contributed by atoms with E-state index in [1.54, 1.807) is 7.05 Å². The van der Waals surface area contributed by atoms with Crippen molar-refractivity contribution in [1.29, 1.82) is 0 Å². The summed E-state index contributed by atoms with van der Waals surface area (Å²) in [6.07, 6.45) is -1.19. The average Bonchev–Trinajstić information content (AvgIpc) is 2.72. The number of fused-ring (bicyclic) bond motifs is 1. The van der Waals surface area contributed by atoms with E-state index < -0.39 is 22.0 Å². The first-order valence-corrected chi connectivity index (χ1v) is 9.05. The Balaban J connectivity index is 2.05. The number of likely N-dealkylation sites (N-methyl/N-ethyl adjacent to an activating group) is 1. The van der Waals surface area contributed by atoms with E-state index in [9.17, 15) is 9.59 Å². The summed E-state index contributed by atoms with van der Waals surface area (Å²) in [4.78, 5) is 30.9. The van der Waals surface area contributed by atoms with Gasteiger partial charge in [0.25, 0.3) is 9.82 Å². The van der Waals surface area contributed by atoms with Gasteiger partial charge in [0.05, 0.1) is 11.4 Å². The minimum Gasteiger partial charge on any atom is -0.311 e. The van der Waals surface area contributed by atoms with Gasteiger partial charge in [-0.05, 0) is 6.07 Å². The van der Waals surface area contributed by atoms with Crippen molar-refractivity contribution >= 4 is 58.1 Å². The molecule has 0 aliphatic carbocycles. The molecule has 0 spiro atoms. The van der Waals surface area contributed by atoms with Crippen LogP contribution in [0.15, 0.2) is 59.6 Å². The molecule has 2 aromatic rings. The highest BCUT2D eigenvalue weighted by molar-refractivity contribution is 6.67. The lowest BCUT2D eigenvalue weighted by Gasteiger charge is -2.21. The zero-order valence-corrected chi connectivity index (χ0v) is 16.4. The Kier molecular flexibility index (Phi) is 5.60. The van der Waals surface area contributed by atoms with Gasteiger partial charge < -0.3 is 10.2 Å². The molecular formula is C18H15Cl3N4O2. The van der Waals surface area contributed by atoms with Crippen LogP contribution in [-0.2, 0) is 4.79 Å². The fourth-order valence-electron chi connectivity index (χ4n) is 2.73. The van der Waals surface area contributed by atoms with Crippen molar-refractivity contribution in [1.82, 2.24) is 10.6 Å². The molecule has 9 heteroatoms. The minimum atomic E-state index is -2.00. The number of para-hydroxylation sites is 1. The van der Waals surface area contributed by atoms with Gasteiger partial charge in [0.1, 0.15) is 0 Å². The number of amides is 3. The summed E-state index contributed by atoms with van der Waals surface area (Å²) >= 11 is 16.7. The van der Waals surface area contributed by atoms with Crippen LogP contribution < -0.4 is 15.5 Å². The largest absolute Gasteiger partial charge is 0.320 e. The lowest BCUT2D eigenvalue weighted by Crippen LogP contribution is -2.51. The molecule has 1 atom stereocenters. The number of alkyl halides is 3. The summed E-state index contributed by atoms with van der Waals surface area (Å²) in [5, 5.41) is 4.55. The van der Waals surface area contributed by atoms with Crippen LogP contribution in [0.25, 0.3) is 0 Å². The molecule has 1 aliphatic heterocycles. The maximum Gasteiger partial charge on any atom is 0.320 e. The van der Waals surface area contributed by atoms with Gasteiger partial charge in [-0.1, -0.05) is 83.3 Å². The van der Waals surface area contributed by atoms with Crippen molar-refractivity contribution in [3.8, 4) is 0 Å². The molecule has 0 radical (unpaired) electrons. The van der Waals surface area contributed by atoms with Gasteiger partial charge in [0.15, 0.2) is 0 Å². The van der Waals surface area contributed by atoms with Gasteiger partial charge in [-0.3, -0.25) is 10.1 Å². The fraction of sp³-hybridized carbons (Fsp3) is 0.167. The van der Waals surface area contributed by atoms with Crippen molar-refractivity contribution in [3.63, 3.8) is 0 Å². The van der Waals surface area contributed by atoms with Gasteiger partial charge in [-0.2, -0.15) is 0 Å². The van der Waals surface area contributed by atoms with E-state index in [2.05, 4.69) is 15.6 Å². The Morgan fingerprint density at radius 3 is 2.37 bits per heavy atom. The first kappa shape index (κ1) is 19.5. The number of anilines is 1. The number of benzene rings is 2. The zero-order chi connectivity index (χ0) is 19.6. The lowest BCUT2D eigenvalue weighted by molar-refractivity contribution is -0.119. The third kappa shape index (κ3) is 4.53. The van der Waals surface area contributed by atoms with Gasteiger partial charge in [-0.25, -0.2) is 9.79 Å². The van der Waals surface area contributed by atoms with E-state index in [-0.39, 0.29) is 0 Å². The highest BCUT2D eigenvalue weighted by Gasteiger charge is 2.32. The number of benzodiazepines with no additional fused rings is 1. The highest BCUT2D eigenvalue weighted by Crippen LogP contribution is 2.27. The lowest BCUT2D eigenvalue weighted by atomic mass is 10.0. The number of carbonyl (C=O) groups is 2. The van der Waals surface area contributed by atoms with Crippen molar-refractivity contribution in [3.05, 3.63) is 65.7 Å². The molecule has 1 heterocycles. The molecule has 27 heavy (non-hydrogen) atoms. The standard InChI is InChI=1S/C18H15Cl3N4O2/c1-25-13-10-6-5-9-12(13)14(11-7-3-2-4-8-11)22-15(16(25)26)23-17(27)24-18(19,20)21/h2-10,15H,1H3,(H2,23,24,27). The first-order valence-electron chi connectivity index (χ1n) is 7.92. The summed E-state index contributed by atoms with van der Waals surface area (Å²) in [6, 6.07) is 15.9. The van der Waals surface area contributed by atoms with Crippen LogP contribution in [-0.4, -0.2) is 34.8 Å². The number of halogens is 3. The topological polar surface area (TPSA) is 73.8 Å². The summed E-state index contributed by atoms with van der Waals surface area (Å²) in [6.45, 7) is 0. The second kappa shape index (κ2) is 7.76. The maximum atomic E-state index is 12.9. The number of rotatable bonds is 2. The number of hydrogen-bond acceptors (Lipinski definition) is 3. The van der Waals surface area contributed by atoms with E-state index in [1.165, 1.54) is 4.90 Å². The molecule has 3 amide bonds. The van der Waals surface area contributed by atoms with Crippen molar-refractivity contribution in [2.45, 2.75) is 10.1 Å². The molecule has 0 fully saturated rings. The zero-order valence-electron chi connectivity index (χ0n) is 14.1. The van der Waals surface area contributed by atoms with Gasteiger partial charge >= 0.3 is 6.03 Å². The Hall–Kier alpha value is -2.28. The van der Waals surface area contributed by atoms with Crippen molar-refractivity contribution < 1.29 is 9.59 Å². The maximum absolute atomic E-state index is 12.9. The number of urea groups is 1. The predicted molar refractivity (Wildman–Crippen MR) is 108 cm³/mol. The van der Waals surface area contributed by atoms with Crippen molar-refractivity contribution in [2.75, 3.05) is 11.9 Å². The van der Waals surface area contributed by atoms with Crippen molar-refractivity contribution in [2.24, 2.45) is 4.99 Å². The molecule has 1 aliphatic rings. The number of aliphatic imine (C=N–C) groups is 1. The molecule has 140 valence electrons. The molecular weight excluding hydrogens is 411 g/mol. The second-order valence-electron chi connectivity index (χ2n) is 5.76. The molecule has 2 aromatic carbocycles. The van der Waals surface area contributed by atoms with Crippen LogP contribution in [0, 0.1) is 0 Å². The fourth-order valence-corrected chi connectivity index (χ4v) is 2.99. The minimum absolute atomic E-state index is 0.423. The van der Waals surface area contributed by atoms with Crippen LogP contribution in [0.3, 0.4) is 0 Å². The van der Waals surface area contributed by atoms with E-state index in [1.807, 2.05) is 54.6 Å². The molecule has 1 unspecified atom stereocenters. The average molecular weight is 426 g/mol. The number of nitrogens with zero attached hydrogens (tertiary/aromatic N) is 2. The SMILES string of the molecule is CN1C(=O)C(NC(=O)NC(Cl)(Cl)Cl)N=C(c2ccccc2)c2ccccc21. The van der Waals surface area contributed by atoms with Gasteiger partial charge in [-0.15, -0.1) is 0 Å². The molecule has 0 bridgehead atoms. The Morgan fingerprint density at radius 1 is 1.07 bits per heavy atom. The summed E-state index contributed by atoms with van der Waals surface area (Å²) in [7, 11) is 1.62. The quantitative estimate of drug-likeness (QED) is 0.571. The van der Waals surface area contributed by atoms with Crippen LogP contribution >= 0.6 is 34.8 Å². The Bertz CT molecular complexity index is 897. The van der Waals surface area contributed by atoms with Crippen LogP contribution in [0.5, 0.6) is 0 Å². The van der Waals surface area contributed by atoms with E-state index >= 15 is 0 Å². The summed E-state index contributed by atoms with van der Waals surface area (Å²) in [5.41, 5.74) is 2.83. The summed E-state index contributed by atoms with van der Waals surface area (Å²) < 4.78 is -2.00. The molecule has 0 aromatic heterocycles. The van der Waals surface area contributed by atoms with E-state index in [4.69, 9.17) is 34.8 Å². The normalized spacial score (nSPS) is 16.9. The number of nitrogens with one attached hydrogen (secondary N) is 2. The van der Waals surface area contributed by atoms with Crippen LogP contribution in [0.2, 0.25) is 0 Å².